The van der Waals surface area contributed by atoms with Crippen molar-refractivity contribution in [3.8, 4) is 5.75 Å². The highest BCUT2D eigenvalue weighted by atomic mass is 32.2. The molecule has 3 fully saturated rings. The Morgan fingerprint density at radius 1 is 1.03 bits per heavy atom. The molecule has 5 rings (SSSR count). The molecule has 2 aliphatic carbocycles. The third-order valence-electron chi connectivity index (χ3n) is 6.64. The number of alkyl halides is 3. The Kier molecular flexibility index (Phi) is 4.35. The minimum atomic E-state index is -5.69. The molecule has 2 heterocycles. The molecule has 1 aromatic rings. The van der Waals surface area contributed by atoms with E-state index in [4.69, 9.17) is 9.47 Å². The number of piperidine rings is 1. The van der Waals surface area contributed by atoms with Gasteiger partial charge < -0.3 is 18.6 Å². The molecule has 6 nitrogen and oxygen atoms in total. The summed E-state index contributed by atoms with van der Waals surface area (Å²) in [5.74, 6) is -0.407. The average Bonchev–Trinajstić information content (AvgIpc) is 3.39. The quantitative estimate of drug-likeness (QED) is 0.536. The van der Waals surface area contributed by atoms with Gasteiger partial charge in [-0.05, 0) is 48.8 Å². The lowest BCUT2D eigenvalue weighted by Gasteiger charge is -2.40. The van der Waals surface area contributed by atoms with Gasteiger partial charge in [0.15, 0.2) is 5.79 Å². The zero-order valence-corrected chi connectivity index (χ0v) is 16.5. The van der Waals surface area contributed by atoms with Crippen molar-refractivity contribution in [2.75, 3.05) is 31.2 Å². The Hall–Kier alpha value is -1.52. The van der Waals surface area contributed by atoms with Crippen LogP contribution in [0.4, 0.5) is 18.9 Å². The van der Waals surface area contributed by atoms with Gasteiger partial charge in [0.05, 0.1) is 13.2 Å². The summed E-state index contributed by atoms with van der Waals surface area (Å²) in [4.78, 5) is 2.21. The predicted molar refractivity (Wildman–Crippen MR) is 97.5 cm³/mol. The zero-order chi connectivity index (χ0) is 20.4. The van der Waals surface area contributed by atoms with Crippen molar-refractivity contribution in [3.63, 3.8) is 0 Å². The lowest BCUT2D eigenvalue weighted by atomic mass is 9.88. The molecule has 1 spiro atoms. The molecule has 2 saturated heterocycles. The lowest BCUT2D eigenvalue weighted by molar-refractivity contribution is -0.169. The number of fused-ring (bicyclic) bond motifs is 5. The van der Waals surface area contributed by atoms with E-state index in [1.54, 1.807) is 6.07 Å². The number of anilines is 1. The van der Waals surface area contributed by atoms with Crippen molar-refractivity contribution in [2.24, 2.45) is 0 Å². The molecule has 4 aliphatic rings. The number of hydrogen-bond acceptors (Lipinski definition) is 6. The molecule has 2 atom stereocenters. The fourth-order valence-electron chi connectivity index (χ4n) is 5.35. The molecule has 0 N–H and O–H groups in total. The number of hydrogen-bond donors (Lipinski definition) is 0. The lowest BCUT2D eigenvalue weighted by Crippen LogP contribution is -2.45. The molecule has 0 aromatic heterocycles. The number of halogens is 3. The minimum absolute atomic E-state index is 0.0472. The highest BCUT2D eigenvalue weighted by molar-refractivity contribution is 7.88. The molecule has 0 amide bonds. The third-order valence-corrected chi connectivity index (χ3v) is 7.60. The van der Waals surface area contributed by atoms with E-state index in [1.807, 2.05) is 0 Å². The molecule has 2 aliphatic heterocycles. The van der Waals surface area contributed by atoms with Crippen molar-refractivity contribution in [1.29, 1.82) is 0 Å². The van der Waals surface area contributed by atoms with Crippen LogP contribution in [0.15, 0.2) is 12.1 Å². The maximum Gasteiger partial charge on any atom is 0.534 e. The van der Waals surface area contributed by atoms with Gasteiger partial charge in [0.1, 0.15) is 5.75 Å². The summed E-state index contributed by atoms with van der Waals surface area (Å²) >= 11 is 0. The Balaban J connectivity index is 1.47. The van der Waals surface area contributed by atoms with Crippen LogP contribution in [0.25, 0.3) is 0 Å². The summed E-state index contributed by atoms with van der Waals surface area (Å²) in [7, 11) is -5.69. The van der Waals surface area contributed by atoms with Crippen molar-refractivity contribution in [2.45, 2.75) is 55.2 Å². The second-order valence-corrected chi connectivity index (χ2v) is 9.73. The van der Waals surface area contributed by atoms with Crippen molar-refractivity contribution in [3.05, 3.63) is 23.3 Å². The van der Waals surface area contributed by atoms with Gasteiger partial charge in [-0.25, -0.2) is 0 Å². The summed E-state index contributed by atoms with van der Waals surface area (Å²) < 4.78 is 77.7. The number of nitrogens with zero attached hydrogens (tertiary/aromatic N) is 1. The van der Waals surface area contributed by atoms with Crippen LogP contribution in [0.3, 0.4) is 0 Å². The number of rotatable bonds is 3. The molecule has 0 radical (unpaired) electrons. The second-order valence-electron chi connectivity index (χ2n) is 8.19. The first-order chi connectivity index (χ1) is 13.7. The highest BCUT2D eigenvalue weighted by Crippen LogP contribution is 2.59. The molecule has 160 valence electrons. The van der Waals surface area contributed by atoms with E-state index < -0.39 is 21.4 Å². The largest absolute Gasteiger partial charge is 0.534 e. The normalized spacial score (nSPS) is 28.2. The van der Waals surface area contributed by atoms with Gasteiger partial charge in [0, 0.05) is 37.2 Å². The fraction of sp³-hybridized carbons (Fsp3) is 0.684. The SMILES string of the molecule is O=S(=O)(Oc1ccc(N2CCC3(CC2)OCCO3)c2c1C1CCC2C1)C(F)(F)F. The molecular weight excluding hydrogens is 411 g/mol. The van der Waals surface area contributed by atoms with Crippen LogP contribution in [-0.4, -0.2) is 46.0 Å². The average molecular weight is 433 g/mol. The van der Waals surface area contributed by atoms with Gasteiger partial charge in [-0.3, -0.25) is 0 Å². The van der Waals surface area contributed by atoms with E-state index >= 15 is 0 Å². The topological polar surface area (TPSA) is 65.1 Å². The van der Waals surface area contributed by atoms with E-state index in [2.05, 4.69) is 9.08 Å². The van der Waals surface area contributed by atoms with Crippen LogP contribution in [0.1, 0.15) is 55.1 Å². The van der Waals surface area contributed by atoms with E-state index in [-0.39, 0.29) is 17.6 Å². The molecule has 1 aromatic carbocycles. The van der Waals surface area contributed by atoms with Crippen LogP contribution in [0.5, 0.6) is 5.75 Å². The van der Waals surface area contributed by atoms with Crippen LogP contribution < -0.4 is 9.08 Å². The van der Waals surface area contributed by atoms with Gasteiger partial charge in [0.25, 0.3) is 0 Å². The number of benzene rings is 1. The van der Waals surface area contributed by atoms with E-state index in [1.165, 1.54) is 6.07 Å². The monoisotopic (exact) mass is 433 g/mol. The standard InChI is InChI=1S/C19H22F3NO5S/c20-19(21,22)29(24,25)28-15-4-3-14(16-12-1-2-13(11-12)17(15)16)23-7-5-18(6-8-23)26-9-10-27-18/h3-4,12-13H,1-2,5-11H2. The smallest absolute Gasteiger partial charge is 0.376 e. The first-order valence-corrected chi connectivity index (χ1v) is 11.3. The van der Waals surface area contributed by atoms with Gasteiger partial charge in [-0.15, -0.1) is 0 Å². The van der Waals surface area contributed by atoms with Gasteiger partial charge in [-0.1, -0.05) is 0 Å². The van der Waals surface area contributed by atoms with E-state index in [9.17, 15) is 21.6 Å². The highest BCUT2D eigenvalue weighted by Gasteiger charge is 2.50. The van der Waals surface area contributed by atoms with Crippen molar-refractivity contribution in [1.82, 2.24) is 0 Å². The Morgan fingerprint density at radius 3 is 2.28 bits per heavy atom. The molecular formula is C19H22F3NO5S. The van der Waals surface area contributed by atoms with E-state index in [0.29, 0.717) is 31.9 Å². The summed E-state index contributed by atoms with van der Waals surface area (Å²) in [6.45, 7) is 2.62. The van der Waals surface area contributed by atoms with Gasteiger partial charge >= 0.3 is 15.6 Å². The predicted octanol–water partition coefficient (Wildman–Crippen LogP) is 3.62. The maximum absolute atomic E-state index is 12.8. The Morgan fingerprint density at radius 2 is 1.66 bits per heavy atom. The minimum Gasteiger partial charge on any atom is -0.376 e. The maximum atomic E-state index is 12.8. The molecule has 1 saturated carbocycles. The molecule has 29 heavy (non-hydrogen) atoms. The van der Waals surface area contributed by atoms with Crippen LogP contribution in [0, 0.1) is 0 Å². The van der Waals surface area contributed by atoms with Crippen LogP contribution in [0.2, 0.25) is 0 Å². The van der Waals surface area contributed by atoms with Crippen LogP contribution >= 0.6 is 0 Å². The Bertz CT molecular complexity index is 917. The second kappa shape index (κ2) is 6.49. The van der Waals surface area contributed by atoms with Crippen LogP contribution in [-0.2, 0) is 19.6 Å². The first-order valence-electron chi connectivity index (χ1n) is 9.89. The zero-order valence-electron chi connectivity index (χ0n) is 15.7. The first kappa shape index (κ1) is 19.4. The molecule has 2 unspecified atom stereocenters. The third kappa shape index (κ3) is 3.11. The van der Waals surface area contributed by atoms with E-state index in [0.717, 1.165) is 43.4 Å². The molecule has 2 bridgehead atoms. The fourth-order valence-corrected chi connectivity index (χ4v) is 5.82. The van der Waals surface area contributed by atoms with Crippen molar-refractivity contribution >= 4 is 15.8 Å². The summed E-state index contributed by atoms with van der Waals surface area (Å²) in [5.41, 5.74) is -2.88. The Labute approximate surface area is 167 Å². The molecule has 10 heteroatoms. The van der Waals surface area contributed by atoms with Crippen molar-refractivity contribution < 1.29 is 35.2 Å². The summed E-state index contributed by atoms with van der Waals surface area (Å²) in [5, 5.41) is 0. The van der Waals surface area contributed by atoms with Gasteiger partial charge in [-0.2, -0.15) is 21.6 Å². The number of ether oxygens (including phenoxy) is 2. The van der Waals surface area contributed by atoms with Gasteiger partial charge in [0.2, 0.25) is 0 Å². The summed E-state index contributed by atoms with van der Waals surface area (Å²) in [6, 6.07) is 3.08. The summed E-state index contributed by atoms with van der Waals surface area (Å²) in [6.07, 6.45) is 4.07.